The van der Waals surface area contributed by atoms with Crippen LogP contribution in [0.15, 0.2) is 73.6 Å². The van der Waals surface area contributed by atoms with E-state index in [9.17, 15) is 4.79 Å². The molecule has 0 spiro atoms. The molecule has 5 aromatic heterocycles. The lowest BCUT2D eigenvalue weighted by molar-refractivity contribution is -0.118. The molecule has 0 saturated carbocycles. The van der Waals surface area contributed by atoms with Gasteiger partial charge in [-0.3, -0.25) is 24.8 Å². The predicted octanol–water partition coefficient (Wildman–Crippen LogP) is 4.63. The number of benzene rings is 1. The number of fused-ring (bicyclic) bond motifs is 2. The van der Waals surface area contributed by atoms with Gasteiger partial charge in [-0.05, 0) is 36.2 Å². The summed E-state index contributed by atoms with van der Waals surface area (Å²) < 4.78 is 0. The molecule has 182 valence electrons. The number of H-pyrrole nitrogens is 2. The average molecular weight is 490 g/mol. The van der Waals surface area contributed by atoms with E-state index < -0.39 is 0 Å². The number of hydrogen-bond donors (Lipinski definition) is 3. The van der Waals surface area contributed by atoms with Gasteiger partial charge in [0.2, 0.25) is 5.91 Å². The van der Waals surface area contributed by atoms with E-state index in [0.29, 0.717) is 23.6 Å². The van der Waals surface area contributed by atoms with Crippen molar-refractivity contribution in [3.05, 3.63) is 73.6 Å². The van der Waals surface area contributed by atoms with Gasteiger partial charge in [-0.1, -0.05) is 19.1 Å². The second-order valence-electron chi connectivity index (χ2n) is 8.69. The Morgan fingerprint density at radius 3 is 2.65 bits per heavy atom. The van der Waals surface area contributed by atoms with Gasteiger partial charge < -0.3 is 4.98 Å². The van der Waals surface area contributed by atoms with Crippen molar-refractivity contribution in [2.75, 3.05) is 5.01 Å². The van der Waals surface area contributed by atoms with Gasteiger partial charge in [0.1, 0.15) is 11.2 Å². The fraction of sp³-hybridized carbons (Fsp3) is 0.111. The number of carbonyl (C=O) groups is 1. The van der Waals surface area contributed by atoms with Gasteiger partial charge in [0.05, 0.1) is 29.1 Å². The Morgan fingerprint density at radius 2 is 1.81 bits per heavy atom. The van der Waals surface area contributed by atoms with Crippen LogP contribution < -0.4 is 10.9 Å². The van der Waals surface area contributed by atoms with Crippen LogP contribution in [0.25, 0.3) is 55.7 Å². The van der Waals surface area contributed by atoms with Crippen LogP contribution in [-0.2, 0) is 4.79 Å². The van der Waals surface area contributed by atoms with E-state index in [1.807, 2.05) is 43.3 Å². The summed E-state index contributed by atoms with van der Waals surface area (Å²) in [6, 6.07) is 11.7. The summed E-state index contributed by atoms with van der Waals surface area (Å²) in [7, 11) is 0. The van der Waals surface area contributed by atoms with Crippen molar-refractivity contribution in [2.45, 2.75) is 19.8 Å². The minimum atomic E-state index is -0.154. The molecule has 0 aliphatic carbocycles. The molecule has 6 rings (SSSR count). The summed E-state index contributed by atoms with van der Waals surface area (Å²) in [5.41, 5.74) is 7.26. The van der Waals surface area contributed by atoms with Crippen molar-refractivity contribution in [3.63, 3.8) is 0 Å². The second kappa shape index (κ2) is 9.25. The molecule has 0 fully saturated rings. The zero-order valence-corrected chi connectivity index (χ0v) is 20.0. The first-order valence-electron chi connectivity index (χ1n) is 11.9. The lowest BCUT2D eigenvalue weighted by Crippen LogP contribution is -2.37. The zero-order valence-electron chi connectivity index (χ0n) is 20.0. The Balaban J connectivity index is 1.41. The lowest BCUT2D eigenvalue weighted by Gasteiger charge is -2.16. The summed E-state index contributed by atoms with van der Waals surface area (Å²) in [5, 5.41) is 9.69. The molecule has 10 heteroatoms. The molecule has 0 saturated heterocycles. The minimum Gasteiger partial charge on any atom is -0.335 e. The van der Waals surface area contributed by atoms with Gasteiger partial charge in [0.25, 0.3) is 0 Å². The normalized spacial score (nSPS) is 11.3. The van der Waals surface area contributed by atoms with Gasteiger partial charge in [-0.2, -0.15) is 5.10 Å². The topological polar surface area (TPSA) is 142 Å². The quantitative estimate of drug-likeness (QED) is 0.176. The molecule has 0 aliphatic heterocycles. The Kier molecular flexibility index (Phi) is 5.62. The van der Waals surface area contributed by atoms with E-state index in [2.05, 4.69) is 30.1 Å². The summed E-state index contributed by atoms with van der Waals surface area (Å²) >= 11 is 0. The van der Waals surface area contributed by atoms with Gasteiger partial charge in [-0.25, -0.2) is 15.8 Å². The maximum absolute atomic E-state index is 12.3. The summed E-state index contributed by atoms with van der Waals surface area (Å²) in [6.45, 7) is 1.94. The standard InChI is InChI=1S/C27H23N9O/c1-2-4-24(37)36(28)19-9-18(12-30-13-19)16-6-7-22-20(10-16)26(35-34-22)27-32-23-15-31-14-21(25(23)33-27)17-5-3-8-29-11-17/h3,5-15H,2,4,28H2,1H3,(H,32,33)(H,34,35). The summed E-state index contributed by atoms with van der Waals surface area (Å²) in [5.74, 6) is 6.52. The number of pyridine rings is 3. The van der Waals surface area contributed by atoms with Crippen molar-refractivity contribution in [3.8, 4) is 33.8 Å². The SMILES string of the molecule is CCCC(=O)N(N)c1cncc(-c2ccc3[nH]nc(-c4nc5c(-c6cccnc6)cncc5[nH]4)c3c2)c1. The number of amides is 1. The van der Waals surface area contributed by atoms with Crippen LogP contribution in [0.4, 0.5) is 5.69 Å². The molecule has 10 nitrogen and oxygen atoms in total. The largest absolute Gasteiger partial charge is 0.335 e. The number of nitrogens with two attached hydrogens (primary N) is 1. The lowest BCUT2D eigenvalue weighted by atomic mass is 10.0. The van der Waals surface area contributed by atoms with Crippen LogP contribution in [0.3, 0.4) is 0 Å². The third-order valence-electron chi connectivity index (χ3n) is 6.22. The number of rotatable bonds is 6. The highest BCUT2D eigenvalue weighted by Crippen LogP contribution is 2.33. The maximum Gasteiger partial charge on any atom is 0.241 e. The van der Waals surface area contributed by atoms with Crippen molar-refractivity contribution in [1.82, 2.24) is 35.1 Å². The van der Waals surface area contributed by atoms with Crippen LogP contribution >= 0.6 is 0 Å². The molecule has 0 unspecified atom stereocenters. The number of nitrogens with one attached hydrogen (secondary N) is 2. The van der Waals surface area contributed by atoms with Gasteiger partial charge >= 0.3 is 0 Å². The number of imidazole rings is 1. The number of carbonyl (C=O) groups excluding carboxylic acids is 1. The summed E-state index contributed by atoms with van der Waals surface area (Å²) in [6.07, 6.45) is 11.5. The first-order valence-corrected chi connectivity index (χ1v) is 11.9. The molecule has 4 N–H and O–H groups in total. The van der Waals surface area contributed by atoms with Crippen molar-refractivity contribution < 1.29 is 4.79 Å². The minimum absolute atomic E-state index is 0.154. The van der Waals surface area contributed by atoms with E-state index in [1.165, 1.54) is 0 Å². The third-order valence-corrected chi connectivity index (χ3v) is 6.22. The number of aromatic nitrogens is 7. The molecule has 0 radical (unpaired) electrons. The van der Waals surface area contributed by atoms with Gasteiger partial charge in [-0.15, -0.1) is 0 Å². The molecular formula is C27H23N9O. The third kappa shape index (κ3) is 4.09. The first kappa shape index (κ1) is 22.5. The molecule has 1 aromatic carbocycles. The monoisotopic (exact) mass is 489 g/mol. The van der Waals surface area contributed by atoms with Gasteiger partial charge in [0.15, 0.2) is 5.82 Å². The Morgan fingerprint density at radius 1 is 0.946 bits per heavy atom. The molecule has 5 heterocycles. The van der Waals surface area contributed by atoms with E-state index >= 15 is 0 Å². The fourth-order valence-electron chi connectivity index (χ4n) is 4.35. The van der Waals surface area contributed by atoms with Crippen LogP contribution in [0, 0.1) is 0 Å². The fourth-order valence-corrected chi connectivity index (χ4v) is 4.35. The Labute approximate surface area is 211 Å². The number of hydrazine groups is 1. The van der Waals surface area contributed by atoms with Crippen molar-refractivity contribution in [2.24, 2.45) is 5.84 Å². The van der Waals surface area contributed by atoms with E-state index in [1.54, 1.807) is 37.2 Å². The highest BCUT2D eigenvalue weighted by atomic mass is 16.2. The predicted molar refractivity (Wildman–Crippen MR) is 142 cm³/mol. The van der Waals surface area contributed by atoms with E-state index in [-0.39, 0.29) is 5.91 Å². The Hall–Kier alpha value is -4.96. The molecule has 6 aromatic rings. The number of aromatic amines is 2. The number of hydrogen-bond acceptors (Lipinski definition) is 7. The number of nitrogens with zero attached hydrogens (tertiary/aromatic N) is 6. The molecule has 0 bridgehead atoms. The first-order chi connectivity index (χ1) is 18.1. The highest BCUT2D eigenvalue weighted by Gasteiger charge is 2.17. The molecule has 1 amide bonds. The zero-order chi connectivity index (χ0) is 25.4. The summed E-state index contributed by atoms with van der Waals surface area (Å²) in [4.78, 5) is 33.4. The molecule has 0 aliphatic rings. The molecule has 37 heavy (non-hydrogen) atoms. The second-order valence-corrected chi connectivity index (χ2v) is 8.69. The van der Waals surface area contributed by atoms with Gasteiger partial charge in [0, 0.05) is 53.3 Å². The van der Waals surface area contributed by atoms with Crippen molar-refractivity contribution in [1.29, 1.82) is 0 Å². The van der Waals surface area contributed by atoms with Crippen molar-refractivity contribution >= 4 is 33.5 Å². The Bertz CT molecular complexity index is 1740. The number of anilines is 1. The van der Waals surface area contributed by atoms with Crippen LogP contribution in [0.5, 0.6) is 0 Å². The van der Waals surface area contributed by atoms with Crippen LogP contribution in [0.2, 0.25) is 0 Å². The molecule has 0 atom stereocenters. The van der Waals surface area contributed by atoms with Crippen LogP contribution in [-0.4, -0.2) is 41.0 Å². The maximum atomic E-state index is 12.3. The van der Waals surface area contributed by atoms with E-state index in [4.69, 9.17) is 10.8 Å². The molecular weight excluding hydrogens is 466 g/mol. The average Bonchev–Trinajstić information content (AvgIpc) is 3.57. The smallest absolute Gasteiger partial charge is 0.241 e. The van der Waals surface area contributed by atoms with E-state index in [0.717, 1.165) is 55.6 Å². The van der Waals surface area contributed by atoms with Crippen LogP contribution in [0.1, 0.15) is 19.8 Å². The highest BCUT2D eigenvalue weighted by molar-refractivity contribution is 5.98.